The van der Waals surface area contributed by atoms with E-state index in [4.69, 9.17) is 0 Å². The first kappa shape index (κ1) is 23.0. The van der Waals surface area contributed by atoms with Crippen LogP contribution < -0.4 is 10.3 Å². The van der Waals surface area contributed by atoms with E-state index < -0.39 is 23.0 Å². The molecule has 9 heteroatoms. The van der Waals surface area contributed by atoms with Crippen molar-refractivity contribution in [2.75, 3.05) is 5.43 Å². The molecule has 4 aromatic rings. The number of benzene rings is 3. The minimum atomic E-state index is -4.37. The van der Waals surface area contributed by atoms with Gasteiger partial charge in [0.15, 0.2) is 0 Å². The Morgan fingerprint density at radius 1 is 0.939 bits per heavy atom. The first-order chi connectivity index (χ1) is 15.6. The number of fused-ring (bicyclic) bond motifs is 1. The van der Waals surface area contributed by atoms with Crippen LogP contribution in [0, 0.1) is 0 Å². The second kappa shape index (κ2) is 9.01. The number of aromatic nitrogens is 1. The van der Waals surface area contributed by atoms with E-state index in [1.807, 2.05) is 34.9 Å². The summed E-state index contributed by atoms with van der Waals surface area (Å²) in [6, 6.07) is 18.2. The molecular weight excluding hydrogens is 451 g/mol. The van der Waals surface area contributed by atoms with Gasteiger partial charge in [-0.2, -0.15) is 18.0 Å². The van der Waals surface area contributed by atoms with Crippen molar-refractivity contribution in [2.24, 2.45) is 0 Å². The highest BCUT2D eigenvalue weighted by Crippen LogP contribution is 2.35. The summed E-state index contributed by atoms with van der Waals surface area (Å²) in [5.74, 6) is 0.267. The van der Waals surface area contributed by atoms with Gasteiger partial charge in [0.25, 0.3) is 0 Å². The van der Waals surface area contributed by atoms with E-state index in [2.05, 4.69) is 30.3 Å². The molecule has 0 bridgehead atoms. The summed E-state index contributed by atoms with van der Waals surface area (Å²) in [5.41, 5.74) is 6.92. The minimum absolute atomic E-state index is 0.267. The molecule has 172 valence electrons. The molecule has 1 atom stereocenters. The molecule has 0 saturated heterocycles. The summed E-state index contributed by atoms with van der Waals surface area (Å²) in [4.78, 5) is 2.10. The van der Waals surface area contributed by atoms with E-state index >= 15 is 0 Å². The lowest BCUT2D eigenvalue weighted by Gasteiger charge is -2.12. The van der Waals surface area contributed by atoms with E-state index in [0.717, 1.165) is 39.8 Å². The monoisotopic (exact) mass is 472 g/mol. The molecule has 0 aliphatic rings. The number of hydrazine groups is 1. The maximum Gasteiger partial charge on any atom is 0.416 e. The molecule has 1 heterocycles. The van der Waals surface area contributed by atoms with E-state index in [-0.39, 0.29) is 5.92 Å². The lowest BCUT2D eigenvalue weighted by atomic mass is 9.99. The Balaban J connectivity index is 1.76. The number of nitrogens with zero attached hydrogens (tertiary/aromatic N) is 1. The van der Waals surface area contributed by atoms with Crippen molar-refractivity contribution in [3.8, 4) is 16.8 Å². The SMILES string of the molecule is CC(C)c1cn(-c2ccc(NNS(=O)[O-])cc2)c2cc(-c3ccc(C(F)(F)F)cc3)ccc12. The van der Waals surface area contributed by atoms with Gasteiger partial charge in [0.1, 0.15) is 0 Å². The maximum absolute atomic E-state index is 12.9. The van der Waals surface area contributed by atoms with E-state index in [1.54, 1.807) is 12.1 Å². The molecule has 0 aliphatic carbocycles. The molecular formula is C24H21F3N3O2S-. The largest absolute Gasteiger partial charge is 0.759 e. The van der Waals surface area contributed by atoms with Crippen LogP contribution in [-0.4, -0.2) is 13.3 Å². The number of anilines is 1. The molecule has 0 radical (unpaired) electrons. The number of hydrogen-bond donors (Lipinski definition) is 2. The third-order valence-corrected chi connectivity index (χ3v) is 5.70. The molecule has 1 aromatic heterocycles. The topological polar surface area (TPSA) is 69.1 Å². The molecule has 2 N–H and O–H groups in total. The van der Waals surface area contributed by atoms with Crippen LogP contribution in [0.4, 0.5) is 18.9 Å². The molecule has 0 spiro atoms. The number of nitrogens with one attached hydrogen (secondary N) is 2. The Hall–Kier alpha value is -3.14. The second-order valence-electron chi connectivity index (χ2n) is 7.92. The van der Waals surface area contributed by atoms with Gasteiger partial charge in [-0.05, 0) is 65.1 Å². The zero-order valence-electron chi connectivity index (χ0n) is 17.8. The number of alkyl halides is 3. The average Bonchev–Trinajstić information content (AvgIpc) is 3.17. The van der Waals surface area contributed by atoms with Crippen molar-refractivity contribution >= 4 is 27.9 Å². The van der Waals surface area contributed by atoms with Gasteiger partial charge >= 0.3 is 6.18 Å². The van der Waals surface area contributed by atoms with Gasteiger partial charge in [-0.1, -0.05) is 38.1 Å². The van der Waals surface area contributed by atoms with Crippen molar-refractivity contribution in [3.63, 3.8) is 0 Å². The fraction of sp³-hybridized carbons (Fsp3) is 0.167. The molecule has 33 heavy (non-hydrogen) atoms. The summed E-state index contributed by atoms with van der Waals surface area (Å²) < 4.78 is 62.1. The molecule has 0 fully saturated rings. The summed E-state index contributed by atoms with van der Waals surface area (Å²) in [7, 11) is 0. The average molecular weight is 473 g/mol. The van der Waals surface area contributed by atoms with Gasteiger partial charge in [-0.3, -0.25) is 4.21 Å². The summed E-state index contributed by atoms with van der Waals surface area (Å²) >= 11 is -2.43. The molecule has 0 saturated carbocycles. The van der Waals surface area contributed by atoms with Gasteiger partial charge in [-0.25, -0.2) is 0 Å². The van der Waals surface area contributed by atoms with Crippen LogP contribution in [0.15, 0.2) is 72.9 Å². The number of rotatable bonds is 6. The van der Waals surface area contributed by atoms with Crippen LogP contribution in [0.5, 0.6) is 0 Å². The standard InChI is InChI=1S/C24H22F3N3O2S/c1-15(2)22-14-30(20-10-8-19(9-11-20)28-29-33(31)32)23-13-17(5-12-21(22)23)16-3-6-18(7-4-16)24(25,26)27/h3-15,28-29H,1-2H3,(H,31,32)/p-1. The summed E-state index contributed by atoms with van der Waals surface area (Å²) in [6.07, 6.45) is -2.32. The third-order valence-electron chi connectivity index (χ3n) is 5.43. The Kier molecular flexibility index (Phi) is 6.29. The van der Waals surface area contributed by atoms with Crippen LogP contribution >= 0.6 is 0 Å². The highest BCUT2D eigenvalue weighted by Gasteiger charge is 2.30. The predicted octanol–water partition coefficient (Wildman–Crippen LogP) is 6.15. The Morgan fingerprint density at radius 3 is 2.15 bits per heavy atom. The third kappa shape index (κ3) is 4.95. The molecule has 4 rings (SSSR count). The maximum atomic E-state index is 12.9. The van der Waals surface area contributed by atoms with Crippen molar-refractivity contribution in [3.05, 3.63) is 84.1 Å². The van der Waals surface area contributed by atoms with Crippen LogP contribution in [0.3, 0.4) is 0 Å². The molecule has 1 unspecified atom stereocenters. The number of halogens is 3. The number of hydrogen-bond acceptors (Lipinski definition) is 3. The molecule has 0 aliphatic heterocycles. The van der Waals surface area contributed by atoms with E-state index in [1.165, 1.54) is 12.1 Å². The Bertz CT molecular complexity index is 1300. The van der Waals surface area contributed by atoms with E-state index in [0.29, 0.717) is 11.3 Å². The van der Waals surface area contributed by atoms with Crippen molar-refractivity contribution in [2.45, 2.75) is 25.9 Å². The van der Waals surface area contributed by atoms with Gasteiger partial charge in [-0.15, -0.1) is 0 Å². The highest BCUT2D eigenvalue weighted by atomic mass is 32.2. The fourth-order valence-electron chi connectivity index (χ4n) is 3.76. The Labute approximate surface area is 191 Å². The molecule has 0 amide bonds. The minimum Gasteiger partial charge on any atom is -0.759 e. The van der Waals surface area contributed by atoms with Crippen LogP contribution in [-0.2, 0) is 17.4 Å². The second-order valence-corrected chi connectivity index (χ2v) is 8.60. The fourth-order valence-corrected chi connectivity index (χ4v) is 3.97. The molecule has 5 nitrogen and oxygen atoms in total. The van der Waals surface area contributed by atoms with Gasteiger partial charge in [0.05, 0.1) is 11.1 Å². The van der Waals surface area contributed by atoms with Crippen molar-refractivity contribution in [1.82, 2.24) is 9.40 Å². The normalized spacial score (nSPS) is 12.9. The van der Waals surface area contributed by atoms with Gasteiger partial charge in [0.2, 0.25) is 0 Å². The summed E-state index contributed by atoms with van der Waals surface area (Å²) in [6.45, 7) is 4.20. The lowest BCUT2D eigenvalue weighted by Crippen LogP contribution is -2.23. The van der Waals surface area contributed by atoms with Gasteiger partial charge < -0.3 is 14.5 Å². The van der Waals surface area contributed by atoms with Crippen LogP contribution in [0.2, 0.25) is 0 Å². The lowest BCUT2D eigenvalue weighted by molar-refractivity contribution is -0.137. The van der Waals surface area contributed by atoms with Crippen LogP contribution in [0.1, 0.15) is 30.9 Å². The summed E-state index contributed by atoms with van der Waals surface area (Å²) in [5, 5.41) is 1.06. The first-order valence-corrected chi connectivity index (χ1v) is 11.2. The quantitative estimate of drug-likeness (QED) is 0.261. The zero-order valence-corrected chi connectivity index (χ0v) is 18.6. The van der Waals surface area contributed by atoms with Gasteiger partial charge in [0, 0.05) is 34.2 Å². The highest BCUT2D eigenvalue weighted by molar-refractivity contribution is 7.77. The smallest absolute Gasteiger partial charge is 0.416 e. The molecule has 3 aromatic carbocycles. The predicted molar refractivity (Wildman–Crippen MR) is 123 cm³/mol. The van der Waals surface area contributed by atoms with Crippen molar-refractivity contribution in [1.29, 1.82) is 0 Å². The van der Waals surface area contributed by atoms with E-state index in [9.17, 15) is 21.9 Å². The zero-order chi connectivity index (χ0) is 23.8. The van der Waals surface area contributed by atoms with Crippen molar-refractivity contribution < 1.29 is 21.9 Å². The Morgan fingerprint density at radius 2 is 1.58 bits per heavy atom. The van der Waals surface area contributed by atoms with Crippen LogP contribution in [0.25, 0.3) is 27.7 Å². The first-order valence-electron chi connectivity index (χ1n) is 10.2.